The van der Waals surface area contributed by atoms with Crippen molar-refractivity contribution < 1.29 is 27.5 Å². The van der Waals surface area contributed by atoms with E-state index in [-0.39, 0.29) is 53.6 Å². The van der Waals surface area contributed by atoms with Crippen molar-refractivity contribution >= 4 is 11.9 Å². The van der Waals surface area contributed by atoms with Gasteiger partial charge in [0.1, 0.15) is 17.3 Å². The van der Waals surface area contributed by atoms with Crippen molar-refractivity contribution in [1.82, 2.24) is 15.1 Å². The number of rotatable bonds is 7. The Morgan fingerprint density at radius 3 is 2.61 bits per heavy atom. The summed E-state index contributed by atoms with van der Waals surface area (Å²) in [6.07, 6.45) is 6.23. The van der Waals surface area contributed by atoms with E-state index in [9.17, 15) is 18.4 Å². The van der Waals surface area contributed by atoms with Gasteiger partial charge in [0.15, 0.2) is 11.5 Å². The number of carbonyl (C=O) groups excluding carboxylic acids is 2. The van der Waals surface area contributed by atoms with Crippen LogP contribution in [0.4, 0.5) is 13.2 Å². The lowest BCUT2D eigenvalue weighted by Gasteiger charge is -2.30. The van der Waals surface area contributed by atoms with E-state index in [1.165, 1.54) is 28.9 Å². The summed E-state index contributed by atoms with van der Waals surface area (Å²) in [5.74, 6) is -2.70. The minimum absolute atomic E-state index is 0.0529. The Morgan fingerprint density at radius 2 is 1.83 bits per heavy atom. The van der Waals surface area contributed by atoms with Gasteiger partial charge in [-0.3, -0.25) is 9.59 Å². The second kappa shape index (κ2) is 11.3. The standard InChI is InChI=1S/C32H34F3N3O3/c1-2-41-32(40)27-19-10-11-20(16-19)28(27)36-31(39)29-24-9-4-3-7-21(14-18-6-5-8-22(33)15-18)30(24)38(37-29)26-13-12-23(34)17-25(26)35/h5-6,8,12-13,15,17,19-21,27-28H,2-4,7,9-11,14,16H2,1H3,(H,36,39)/t19?,20?,21?,27-,28+/m1/s1. The normalized spacial score (nSPS) is 25.0. The molecule has 1 N–H and O–H groups in total. The van der Waals surface area contributed by atoms with Crippen LogP contribution < -0.4 is 5.32 Å². The zero-order valence-electron chi connectivity index (χ0n) is 23.0. The number of halogens is 3. The quantitative estimate of drug-likeness (QED) is 0.280. The first-order valence-corrected chi connectivity index (χ1v) is 14.6. The van der Waals surface area contributed by atoms with Crippen LogP contribution in [-0.4, -0.2) is 34.3 Å². The molecule has 0 radical (unpaired) electrons. The lowest BCUT2D eigenvalue weighted by atomic mass is 9.84. The van der Waals surface area contributed by atoms with Gasteiger partial charge in [0.2, 0.25) is 0 Å². The topological polar surface area (TPSA) is 73.2 Å². The molecule has 9 heteroatoms. The van der Waals surface area contributed by atoms with E-state index in [0.29, 0.717) is 18.5 Å². The third-order valence-corrected chi connectivity index (χ3v) is 9.14. The summed E-state index contributed by atoms with van der Waals surface area (Å²) in [5, 5.41) is 7.79. The van der Waals surface area contributed by atoms with Crippen molar-refractivity contribution in [3.63, 3.8) is 0 Å². The zero-order valence-corrected chi connectivity index (χ0v) is 23.0. The van der Waals surface area contributed by atoms with Gasteiger partial charge in [0.25, 0.3) is 5.91 Å². The summed E-state index contributed by atoms with van der Waals surface area (Å²) in [6.45, 7) is 2.05. The molecule has 5 atom stereocenters. The molecule has 41 heavy (non-hydrogen) atoms. The van der Waals surface area contributed by atoms with Crippen LogP contribution in [0.25, 0.3) is 5.69 Å². The Balaban J connectivity index is 1.40. The molecular formula is C32H34F3N3O3. The molecule has 0 aliphatic heterocycles. The average Bonchev–Trinajstić information content (AvgIpc) is 3.60. The maximum absolute atomic E-state index is 15.2. The van der Waals surface area contributed by atoms with Crippen molar-refractivity contribution in [3.8, 4) is 5.69 Å². The monoisotopic (exact) mass is 565 g/mol. The molecule has 0 saturated heterocycles. The van der Waals surface area contributed by atoms with E-state index in [4.69, 9.17) is 4.74 Å². The van der Waals surface area contributed by atoms with Crippen LogP contribution in [0.3, 0.4) is 0 Å². The molecule has 2 fully saturated rings. The maximum atomic E-state index is 15.2. The van der Waals surface area contributed by atoms with Gasteiger partial charge >= 0.3 is 5.97 Å². The number of nitrogens with zero attached hydrogens (tertiary/aromatic N) is 2. The highest BCUT2D eigenvalue weighted by Crippen LogP contribution is 2.49. The predicted octanol–water partition coefficient (Wildman–Crippen LogP) is 6.05. The molecule has 1 amide bonds. The lowest BCUT2D eigenvalue weighted by Crippen LogP contribution is -2.47. The number of hydrogen-bond donors (Lipinski definition) is 1. The number of nitrogens with one attached hydrogen (secondary N) is 1. The number of carbonyl (C=O) groups is 2. The summed E-state index contributed by atoms with van der Waals surface area (Å²) >= 11 is 0. The number of hydrogen-bond acceptors (Lipinski definition) is 4. The van der Waals surface area contributed by atoms with Crippen LogP contribution in [0.2, 0.25) is 0 Å². The molecule has 3 aliphatic carbocycles. The van der Waals surface area contributed by atoms with Crippen LogP contribution in [0.5, 0.6) is 0 Å². The zero-order chi connectivity index (χ0) is 28.7. The molecule has 0 spiro atoms. The first-order valence-electron chi connectivity index (χ1n) is 14.6. The number of esters is 1. The van der Waals surface area contributed by atoms with E-state index in [0.717, 1.165) is 55.7 Å². The summed E-state index contributed by atoms with van der Waals surface area (Å²) in [6, 6.07) is 9.35. The van der Waals surface area contributed by atoms with E-state index in [2.05, 4.69) is 10.4 Å². The van der Waals surface area contributed by atoms with Gasteiger partial charge in [-0.25, -0.2) is 17.9 Å². The molecule has 2 bridgehead atoms. The van der Waals surface area contributed by atoms with Crippen molar-refractivity contribution in [2.45, 2.75) is 70.3 Å². The maximum Gasteiger partial charge on any atom is 0.311 e. The SMILES string of the molecule is CCOC(=O)[C@@H]1C2CCC(C2)[C@@H]1NC(=O)c1nn(-c2ccc(F)cc2F)c2c1CCCCC2Cc1cccc(F)c1. The van der Waals surface area contributed by atoms with Gasteiger partial charge in [-0.05, 0) is 93.5 Å². The Morgan fingerprint density at radius 1 is 1.02 bits per heavy atom. The number of aromatic nitrogens is 2. The van der Waals surface area contributed by atoms with Gasteiger partial charge in [0, 0.05) is 23.6 Å². The Kier molecular flexibility index (Phi) is 7.62. The molecule has 2 saturated carbocycles. The molecular weight excluding hydrogens is 531 g/mol. The van der Waals surface area contributed by atoms with Gasteiger partial charge < -0.3 is 10.1 Å². The predicted molar refractivity (Wildman–Crippen MR) is 146 cm³/mol. The number of fused-ring (bicyclic) bond motifs is 3. The first kappa shape index (κ1) is 27.5. The van der Waals surface area contributed by atoms with Crippen molar-refractivity contribution in [3.05, 3.63) is 82.4 Å². The Hall–Kier alpha value is -3.62. The Labute approximate surface area is 237 Å². The van der Waals surface area contributed by atoms with Gasteiger partial charge in [0.05, 0.1) is 18.2 Å². The second-order valence-corrected chi connectivity index (χ2v) is 11.6. The molecule has 216 valence electrons. The van der Waals surface area contributed by atoms with Crippen molar-refractivity contribution in [2.75, 3.05) is 6.61 Å². The fourth-order valence-electron chi connectivity index (χ4n) is 7.42. The van der Waals surface area contributed by atoms with Crippen LogP contribution in [0.1, 0.15) is 78.7 Å². The molecule has 3 aromatic rings. The van der Waals surface area contributed by atoms with Crippen LogP contribution in [0, 0.1) is 35.2 Å². The minimum Gasteiger partial charge on any atom is -0.466 e. The number of benzene rings is 2. The van der Waals surface area contributed by atoms with E-state index < -0.39 is 23.5 Å². The molecule has 1 heterocycles. The van der Waals surface area contributed by atoms with Gasteiger partial charge in [-0.1, -0.05) is 18.6 Å². The molecule has 6 rings (SSSR count). The van der Waals surface area contributed by atoms with Gasteiger partial charge in [-0.15, -0.1) is 0 Å². The van der Waals surface area contributed by atoms with E-state index in [1.54, 1.807) is 13.0 Å². The Bertz CT molecular complexity index is 1470. The average molecular weight is 566 g/mol. The van der Waals surface area contributed by atoms with Crippen LogP contribution in [0.15, 0.2) is 42.5 Å². The van der Waals surface area contributed by atoms with Crippen LogP contribution >= 0.6 is 0 Å². The highest BCUT2D eigenvalue weighted by atomic mass is 19.1. The van der Waals surface area contributed by atoms with E-state index >= 15 is 4.39 Å². The number of ether oxygens (including phenoxy) is 1. The summed E-state index contributed by atoms with van der Waals surface area (Å²) in [7, 11) is 0. The second-order valence-electron chi connectivity index (χ2n) is 11.6. The van der Waals surface area contributed by atoms with E-state index in [1.807, 2.05) is 6.07 Å². The molecule has 1 aromatic heterocycles. The third-order valence-electron chi connectivity index (χ3n) is 9.14. The smallest absolute Gasteiger partial charge is 0.311 e. The van der Waals surface area contributed by atoms with Crippen LogP contribution in [-0.2, 0) is 22.4 Å². The number of amides is 1. The third kappa shape index (κ3) is 5.26. The molecule has 3 unspecified atom stereocenters. The fraction of sp³-hybridized carbons (Fsp3) is 0.469. The summed E-state index contributed by atoms with van der Waals surface area (Å²) in [4.78, 5) is 26.8. The molecule has 6 nitrogen and oxygen atoms in total. The van der Waals surface area contributed by atoms with Gasteiger partial charge in [-0.2, -0.15) is 5.10 Å². The largest absolute Gasteiger partial charge is 0.466 e. The minimum atomic E-state index is -0.786. The summed E-state index contributed by atoms with van der Waals surface area (Å²) < 4.78 is 49.9. The molecule has 3 aliphatic rings. The summed E-state index contributed by atoms with van der Waals surface area (Å²) in [5.41, 5.74) is 2.45. The van der Waals surface area contributed by atoms with Crippen molar-refractivity contribution in [1.29, 1.82) is 0 Å². The highest BCUT2D eigenvalue weighted by Gasteiger charge is 2.52. The lowest BCUT2D eigenvalue weighted by molar-refractivity contribution is -0.150. The fourth-order valence-corrected chi connectivity index (χ4v) is 7.42. The highest BCUT2D eigenvalue weighted by molar-refractivity contribution is 5.95. The van der Waals surface area contributed by atoms with Crippen molar-refractivity contribution in [2.24, 2.45) is 17.8 Å². The molecule has 2 aromatic carbocycles. The first-order chi connectivity index (χ1) is 19.8.